The minimum Gasteiger partial charge on any atom is -0.354 e. The van der Waals surface area contributed by atoms with Gasteiger partial charge in [-0.2, -0.15) is 13.2 Å². The molecule has 0 radical (unpaired) electrons. The Hall–Kier alpha value is -4.50. The highest BCUT2D eigenvalue weighted by Crippen LogP contribution is 2.58. The number of hydrogen-bond donors (Lipinski definition) is 1. The van der Waals surface area contributed by atoms with E-state index in [0.717, 1.165) is 56.1 Å². The lowest BCUT2D eigenvalue weighted by atomic mass is 9.55. The zero-order valence-electron chi connectivity index (χ0n) is 29.2. The second kappa shape index (κ2) is 15.2. The van der Waals surface area contributed by atoms with Crippen LogP contribution in [0.1, 0.15) is 92.4 Å². The van der Waals surface area contributed by atoms with Crippen LogP contribution >= 0.6 is 0 Å². The van der Waals surface area contributed by atoms with Crippen molar-refractivity contribution in [3.63, 3.8) is 0 Å². The van der Waals surface area contributed by atoms with Crippen LogP contribution in [0.3, 0.4) is 0 Å². The topological polar surface area (TPSA) is 75.7 Å². The van der Waals surface area contributed by atoms with Gasteiger partial charge in [0.2, 0.25) is 17.7 Å². The maximum absolute atomic E-state index is 14.8. The SMILES string of the molecule is C=CCCCCCCCCCN1C(=O)[C@@H]2[C@H](C1=O)[C@H]1C[C@H](NC(=O)CO[C@@H](c3c4ccccc4cc4ccccc34)C(F)(F)F)[C@@H]2c2ccccc21. The van der Waals surface area contributed by atoms with E-state index in [1.54, 1.807) is 48.5 Å². The van der Waals surface area contributed by atoms with E-state index in [4.69, 9.17) is 4.74 Å². The van der Waals surface area contributed by atoms with Crippen LogP contribution in [0.4, 0.5) is 13.2 Å². The maximum atomic E-state index is 14.8. The number of carbonyl (C=O) groups excluding carboxylic acids is 3. The molecule has 2 fully saturated rings. The van der Waals surface area contributed by atoms with Gasteiger partial charge in [0.15, 0.2) is 6.10 Å². The third-order valence-corrected chi connectivity index (χ3v) is 11.4. The Morgan fingerprint density at radius 3 is 2.04 bits per heavy atom. The summed E-state index contributed by atoms with van der Waals surface area (Å²) in [6.45, 7) is 3.32. The Bertz CT molecular complexity index is 1920. The number of hydrogen-bond acceptors (Lipinski definition) is 4. The van der Waals surface area contributed by atoms with Gasteiger partial charge in [-0.05, 0) is 70.3 Å². The Kier molecular flexibility index (Phi) is 10.5. The van der Waals surface area contributed by atoms with Gasteiger partial charge in [0.25, 0.3) is 0 Å². The molecule has 1 aliphatic heterocycles. The summed E-state index contributed by atoms with van der Waals surface area (Å²) in [7, 11) is 0. The van der Waals surface area contributed by atoms with Crippen LogP contribution in [0.25, 0.3) is 21.5 Å². The fourth-order valence-corrected chi connectivity index (χ4v) is 9.17. The van der Waals surface area contributed by atoms with Gasteiger partial charge in [-0.3, -0.25) is 19.3 Å². The van der Waals surface area contributed by atoms with Crippen LogP contribution in [0.15, 0.2) is 91.5 Å². The van der Waals surface area contributed by atoms with Crippen molar-refractivity contribution in [3.8, 4) is 0 Å². The summed E-state index contributed by atoms with van der Waals surface area (Å²) in [5.41, 5.74) is 1.90. The van der Waals surface area contributed by atoms with E-state index in [-0.39, 0.29) is 23.3 Å². The Balaban J connectivity index is 1.06. The number of imide groups is 1. The van der Waals surface area contributed by atoms with Crippen LogP contribution in [0.2, 0.25) is 0 Å². The largest absolute Gasteiger partial charge is 0.418 e. The molecule has 3 amide bonds. The molecule has 52 heavy (non-hydrogen) atoms. The minimum atomic E-state index is -4.80. The molecular formula is C43H45F3N2O4. The molecule has 1 N–H and O–H groups in total. The van der Waals surface area contributed by atoms with Gasteiger partial charge in [0.05, 0.1) is 11.8 Å². The second-order valence-corrected chi connectivity index (χ2v) is 14.6. The summed E-state index contributed by atoms with van der Waals surface area (Å²) in [6, 6.07) is 22.8. The van der Waals surface area contributed by atoms with Crippen LogP contribution < -0.4 is 5.32 Å². The monoisotopic (exact) mass is 710 g/mol. The lowest BCUT2D eigenvalue weighted by Gasteiger charge is -2.49. The molecule has 0 aromatic heterocycles. The van der Waals surface area contributed by atoms with Gasteiger partial charge in [-0.25, -0.2) is 0 Å². The molecule has 3 aliphatic carbocycles. The van der Waals surface area contributed by atoms with E-state index in [9.17, 15) is 27.6 Å². The first-order valence-corrected chi connectivity index (χ1v) is 18.6. The summed E-state index contributed by atoms with van der Waals surface area (Å²) in [6.07, 6.45) is 3.61. The molecule has 8 rings (SSSR count). The van der Waals surface area contributed by atoms with Crippen molar-refractivity contribution in [2.75, 3.05) is 13.2 Å². The number of allylic oxidation sites excluding steroid dienone is 1. The van der Waals surface area contributed by atoms with Crippen LogP contribution in [-0.2, 0) is 19.1 Å². The fourth-order valence-electron chi connectivity index (χ4n) is 9.17. The standard InChI is InChI=1S/C43H45F3N2O4/c1-2-3-4-5-6-7-8-9-16-23-48-41(50)38-33-25-34(37(39(38)42(48)51)32-22-15-14-21-31(32)33)47-35(49)26-52-40(43(44,45)46)36-29-19-12-10-17-27(29)24-28-18-11-13-20-30(28)36/h2,10-15,17-22,24,33-34,37-40H,1,3-9,16,23,25-26H2,(H,47,49)/t33-,34-,37-,38+,39-,40-/m0/s1. The number of nitrogens with zero attached hydrogens (tertiary/aromatic N) is 1. The number of fused-ring (bicyclic) bond motifs is 3. The molecule has 6 nitrogen and oxygen atoms in total. The number of carbonyl (C=O) groups is 3. The fraction of sp³-hybridized carbons (Fsp3) is 0.419. The van der Waals surface area contributed by atoms with E-state index in [2.05, 4.69) is 11.9 Å². The van der Waals surface area contributed by atoms with Crippen molar-refractivity contribution in [2.45, 2.75) is 87.9 Å². The Morgan fingerprint density at radius 1 is 0.808 bits per heavy atom. The number of alkyl halides is 3. The number of halogens is 3. The molecular weight excluding hydrogens is 665 g/mol. The molecule has 4 aromatic rings. The van der Waals surface area contributed by atoms with Gasteiger partial charge in [-0.1, -0.05) is 111 Å². The smallest absolute Gasteiger partial charge is 0.354 e. The third-order valence-electron chi connectivity index (χ3n) is 11.4. The number of ether oxygens (including phenoxy) is 1. The Morgan fingerprint density at radius 2 is 1.38 bits per heavy atom. The average Bonchev–Trinajstić information content (AvgIpc) is 3.39. The number of likely N-dealkylation sites (tertiary alicyclic amines) is 1. The summed E-state index contributed by atoms with van der Waals surface area (Å²) in [5, 5.41) is 5.05. The molecule has 0 unspecified atom stereocenters. The number of unbranched alkanes of at least 4 members (excludes halogenated alkanes) is 7. The average molecular weight is 711 g/mol. The number of benzene rings is 4. The van der Waals surface area contributed by atoms with E-state index >= 15 is 0 Å². The van der Waals surface area contributed by atoms with Crippen LogP contribution in [0.5, 0.6) is 0 Å². The lowest BCUT2D eigenvalue weighted by molar-refractivity contribution is -0.222. The Labute approximate surface area is 302 Å². The van der Waals surface area contributed by atoms with Crippen molar-refractivity contribution in [2.24, 2.45) is 11.8 Å². The molecule has 1 saturated heterocycles. The molecule has 4 aliphatic rings. The normalized spacial score (nSPS) is 22.8. The highest BCUT2D eigenvalue weighted by Gasteiger charge is 2.62. The zero-order chi connectivity index (χ0) is 36.4. The van der Waals surface area contributed by atoms with Crippen molar-refractivity contribution in [3.05, 3.63) is 108 Å². The van der Waals surface area contributed by atoms with E-state index in [0.29, 0.717) is 34.5 Å². The molecule has 1 saturated carbocycles. The predicted molar refractivity (Wildman–Crippen MR) is 196 cm³/mol. The molecule has 6 atom stereocenters. The van der Waals surface area contributed by atoms with E-state index < -0.39 is 48.6 Å². The van der Waals surface area contributed by atoms with Crippen molar-refractivity contribution in [1.82, 2.24) is 10.2 Å². The third kappa shape index (κ3) is 6.87. The second-order valence-electron chi connectivity index (χ2n) is 14.6. The van der Waals surface area contributed by atoms with Gasteiger partial charge in [0, 0.05) is 24.1 Å². The number of rotatable bonds is 15. The highest BCUT2D eigenvalue weighted by atomic mass is 19.4. The number of nitrogens with one attached hydrogen (secondary N) is 1. The molecule has 2 bridgehead atoms. The van der Waals surface area contributed by atoms with Gasteiger partial charge in [0.1, 0.15) is 6.61 Å². The minimum absolute atomic E-state index is 0.0267. The van der Waals surface area contributed by atoms with Crippen molar-refractivity contribution in [1.29, 1.82) is 0 Å². The molecule has 0 spiro atoms. The summed E-state index contributed by atoms with van der Waals surface area (Å²) >= 11 is 0. The first-order chi connectivity index (χ1) is 25.2. The van der Waals surface area contributed by atoms with Crippen molar-refractivity contribution >= 4 is 39.3 Å². The first-order valence-electron chi connectivity index (χ1n) is 18.6. The molecule has 4 aromatic carbocycles. The molecule has 1 heterocycles. The quantitative estimate of drug-likeness (QED) is 0.0578. The molecule has 9 heteroatoms. The first kappa shape index (κ1) is 35.9. The summed E-state index contributed by atoms with van der Waals surface area (Å²) < 4.78 is 49.9. The molecule has 272 valence electrons. The number of amides is 3. The maximum Gasteiger partial charge on any atom is 0.418 e. The van der Waals surface area contributed by atoms with Gasteiger partial charge >= 0.3 is 6.18 Å². The van der Waals surface area contributed by atoms with Crippen molar-refractivity contribution < 1.29 is 32.3 Å². The van der Waals surface area contributed by atoms with Gasteiger partial charge < -0.3 is 10.1 Å². The van der Waals surface area contributed by atoms with E-state index in [1.807, 2.05) is 36.4 Å². The van der Waals surface area contributed by atoms with E-state index in [1.165, 1.54) is 11.3 Å². The van der Waals surface area contributed by atoms with Crippen LogP contribution in [0, 0.1) is 11.8 Å². The zero-order valence-corrected chi connectivity index (χ0v) is 29.2. The summed E-state index contributed by atoms with van der Waals surface area (Å²) in [5.74, 6) is -2.92. The summed E-state index contributed by atoms with van der Waals surface area (Å²) in [4.78, 5) is 42.8. The predicted octanol–water partition coefficient (Wildman–Crippen LogP) is 9.29. The van der Waals surface area contributed by atoms with Crippen LogP contribution in [-0.4, -0.2) is 48.0 Å². The highest BCUT2D eigenvalue weighted by molar-refractivity contribution is 6.07. The lowest BCUT2D eigenvalue weighted by Crippen LogP contribution is -2.54. The van der Waals surface area contributed by atoms with Gasteiger partial charge in [-0.15, -0.1) is 6.58 Å².